The van der Waals surface area contributed by atoms with Gasteiger partial charge in [0.1, 0.15) is 0 Å². The van der Waals surface area contributed by atoms with Crippen LogP contribution in [0, 0.1) is 5.92 Å². The van der Waals surface area contributed by atoms with Gasteiger partial charge in [0.2, 0.25) is 0 Å². The van der Waals surface area contributed by atoms with E-state index in [0.717, 1.165) is 5.92 Å². The molecule has 0 unspecified atom stereocenters. The largest absolute Gasteiger partial charge is 0.350 e. The number of hydrogen-bond donors (Lipinski definition) is 0. The molecular formula is C16H21N. The van der Waals surface area contributed by atoms with Gasteiger partial charge in [0.15, 0.2) is 0 Å². The summed E-state index contributed by atoms with van der Waals surface area (Å²) in [6, 6.07) is 8.78. The minimum atomic E-state index is 0.926. The van der Waals surface area contributed by atoms with Crippen LogP contribution < -0.4 is 0 Å². The standard InChI is InChI=1S/C16H21N/c1-17-12-14(11-13-7-3-2-4-8-13)15-9-5-6-10-16(15)17/h5-6,9-10,12-13H,2-4,7-8,11H2,1H3. The van der Waals surface area contributed by atoms with Crippen molar-refractivity contribution in [2.45, 2.75) is 38.5 Å². The van der Waals surface area contributed by atoms with Crippen LogP contribution in [0.5, 0.6) is 0 Å². The van der Waals surface area contributed by atoms with E-state index in [1.807, 2.05) is 0 Å². The Kier molecular flexibility index (Phi) is 2.92. The molecule has 1 aliphatic rings. The van der Waals surface area contributed by atoms with E-state index < -0.39 is 0 Å². The van der Waals surface area contributed by atoms with E-state index >= 15 is 0 Å². The van der Waals surface area contributed by atoms with Crippen LogP contribution in [0.2, 0.25) is 0 Å². The summed E-state index contributed by atoms with van der Waals surface area (Å²) in [5.74, 6) is 0.926. The van der Waals surface area contributed by atoms with Crippen LogP contribution in [0.4, 0.5) is 0 Å². The van der Waals surface area contributed by atoms with Crippen molar-refractivity contribution < 1.29 is 0 Å². The van der Waals surface area contributed by atoms with Crippen molar-refractivity contribution in [2.24, 2.45) is 13.0 Å². The quantitative estimate of drug-likeness (QED) is 0.721. The molecule has 1 heterocycles. The van der Waals surface area contributed by atoms with Crippen LogP contribution in [0.3, 0.4) is 0 Å². The second kappa shape index (κ2) is 4.56. The fraction of sp³-hybridized carbons (Fsp3) is 0.500. The molecule has 1 aromatic carbocycles. The van der Waals surface area contributed by atoms with Crippen LogP contribution in [0.15, 0.2) is 30.5 Å². The molecule has 0 spiro atoms. The maximum atomic E-state index is 2.33. The number of para-hydroxylation sites is 1. The number of hydrogen-bond acceptors (Lipinski definition) is 0. The molecule has 0 atom stereocenters. The van der Waals surface area contributed by atoms with Crippen molar-refractivity contribution in [1.29, 1.82) is 0 Å². The van der Waals surface area contributed by atoms with Gasteiger partial charge >= 0.3 is 0 Å². The molecule has 17 heavy (non-hydrogen) atoms. The molecule has 0 amide bonds. The van der Waals surface area contributed by atoms with Gasteiger partial charge in [-0.05, 0) is 24.0 Å². The highest BCUT2D eigenvalue weighted by molar-refractivity contribution is 5.83. The van der Waals surface area contributed by atoms with E-state index in [1.165, 1.54) is 49.4 Å². The second-order valence-corrected chi connectivity index (χ2v) is 5.49. The summed E-state index contributed by atoms with van der Waals surface area (Å²) in [7, 11) is 2.16. The molecule has 1 heteroatoms. The Morgan fingerprint density at radius 2 is 1.88 bits per heavy atom. The lowest BCUT2D eigenvalue weighted by atomic mass is 9.85. The highest BCUT2D eigenvalue weighted by Crippen LogP contribution is 2.30. The number of fused-ring (bicyclic) bond motifs is 1. The summed E-state index contributed by atoms with van der Waals surface area (Å²) in [5.41, 5.74) is 2.92. The zero-order valence-corrected chi connectivity index (χ0v) is 10.7. The fourth-order valence-electron chi connectivity index (χ4n) is 3.29. The number of aryl methyl sites for hydroxylation is 1. The van der Waals surface area contributed by atoms with Crippen LogP contribution in [-0.2, 0) is 13.5 Å². The third-order valence-electron chi connectivity index (χ3n) is 4.21. The third kappa shape index (κ3) is 2.11. The molecule has 1 aliphatic carbocycles. The number of rotatable bonds is 2. The Morgan fingerprint density at radius 1 is 1.12 bits per heavy atom. The molecule has 1 fully saturated rings. The summed E-state index contributed by atoms with van der Waals surface area (Å²) >= 11 is 0. The van der Waals surface area contributed by atoms with Gasteiger partial charge in [0.25, 0.3) is 0 Å². The van der Waals surface area contributed by atoms with Gasteiger partial charge in [-0.2, -0.15) is 0 Å². The first-order chi connectivity index (χ1) is 8.34. The molecule has 0 bridgehead atoms. The lowest BCUT2D eigenvalue weighted by Crippen LogP contribution is -2.08. The van der Waals surface area contributed by atoms with Gasteiger partial charge in [-0.1, -0.05) is 50.3 Å². The van der Waals surface area contributed by atoms with E-state index in [1.54, 1.807) is 5.56 Å². The highest BCUT2D eigenvalue weighted by atomic mass is 14.9. The molecule has 1 nitrogen and oxygen atoms in total. The maximum Gasteiger partial charge on any atom is 0.0480 e. The average molecular weight is 227 g/mol. The van der Waals surface area contributed by atoms with Gasteiger partial charge in [-0.15, -0.1) is 0 Å². The number of benzene rings is 1. The van der Waals surface area contributed by atoms with Crippen LogP contribution in [0.25, 0.3) is 10.9 Å². The van der Waals surface area contributed by atoms with Gasteiger partial charge in [-0.25, -0.2) is 0 Å². The topological polar surface area (TPSA) is 4.93 Å². The second-order valence-electron chi connectivity index (χ2n) is 5.49. The Hall–Kier alpha value is -1.24. The van der Waals surface area contributed by atoms with Crippen molar-refractivity contribution >= 4 is 10.9 Å². The lowest BCUT2D eigenvalue weighted by molar-refractivity contribution is 0.357. The predicted molar refractivity (Wildman–Crippen MR) is 73.2 cm³/mol. The molecule has 90 valence electrons. The normalized spacial score (nSPS) is 17.7. The lowest BCUT2D eigenvalue weighted by Gasteiger charge is -2.21. The van der Waals surface area contributed by atoms with Gasteiger partial charge < -0.3 is 4.57 Å². The van der Waals surface area contributed by atoms with Crippen LogP contribution >= 0.6 is 0 Å². The zero-order valence-electron chi connectivity index (χ0n) is 10.7. The minimum absolute atomic E-state index is 0.926. The molecule has 3 rings (SSSR count). The first-order valence-corrected chi connectivity index (χ1v) is 6.87. The smallest absolute Gasteiger partial charge is 0.0480 e. The number of nitrogens with zero attached hydrogens (tertiary/aromatic N) is 1. The Bertz CT molecular complexity index is 503. The van der Waals surface area contributed by atoms with Gasteiger partial charge in [-0.3, -0.25) is 0 Å². The van der Waals surface area contributed by atoms with Crippen molar-refractivity contribution in [3.63, 3.8) is 0 Å². The summed E-state index contributed by atoms with van der Waals surface area (Å²) < 4.78 is 2.27. The first-order valence-electron chi connectivity index (χ1n) is 6.87. The fourth-order valence-corrected chi connectivity index (χ4v) is 3.29. The molecule has 1 saturated carbocycles. The molecule has 0 N–H and O–H groups in total. The maximum absolute atomic E-state index is 2.33. The van der Waals surface area contributed by atoms with E-state index in [9.17, 15) is 0 Å². The first kappa shape index (κ1) is 10.9. The summed E-state index contributed by atoms with van der Waals surface area (Å²) in [4.78, 5) is 0. The molecule has 2 aromatic rings. The number of aromatic nitrogens is 1. The van der Waals surface area contributed by atoms with E-state index in [4.69, 9.17) is 0 Å². The molecule has 0 saturated heterocycles. The summed E-state index contributed by atoms with van der Waals surface area (Å²) in [5, 5.41) is 1.46. The van der Waals surface area contributed by atoms with E-state index in [2.05, 4.69) is 42.1 Å². The Labute approximate surface area is 103 Å². The summed E-state index contributed by atoms with van der Waals surface area (Å²) in [6.07, 6.45) is 10.8. The third-order valence-corrected chi connectivity index (χ3v) is 4.21. The van der Waals surface area contributed by atoms with Gasteiger partial charge in [0.05, 0.1) is 0 Å². The van der Waals surface area contributed by atoms with Crippen LogP contribution in [-0.4, -0.2) is 4.57 Å². The molecular weight excluding hydrogens is 206 g/mol. The van der Waals surface area contributed by atoms with Crippen LogP contribution in [0.1, 0.15) is 37.7 Å². The molecule has 1 aromatic heterocycles. The zero-order chi connectivity index (χ0) is 11.7. The predicted octanol–water partition coefficient (Wildman–Crippen LogP) is 4.30. The van der Waals surface area contributed by atoms with E-state index in [0.29, 0.717) is 0 Å². The molecule has 0 radical (unpaired) electrons. The minimum Gasteiger partial charge on any atom is -0.350 e. The monoisotopic (exact) mass is 227 g/mol. The molecule has 0 aliphatic heterocycles. The highest BCUT2D eigenvalue weighted by Gasteiger charge is 2.16. The van der Waals surface area contributed by atoms with Crippen molar-refractivity contribution in [1.82, 2.24) is 4.57 Å². The Balaban J connectivity index is 1.89. The van der Waals surface area contributed by atoms with Crippen molar-refractivity contribution in [2.75, 3.05) is 0 Å². The van der Waals surface area contributed by atoms with Crippen molar-refractivity contribution in [3.8, 4) is 0 Å². The Morgan fingerprint density at radius 3 is 2.71 bits per heavy atom. The van der Waals surface area contributed by atoms with Gasteiger partial charge in [0, 0.05) is 24.1 Å². The summed E-state index contributed by atoms with van der Waals surface area (Å²) in [6.45, 7) is 0. The average Bonchev–Trinajstić information content (AvgIpc) is 2.69. The SMILES string of the molecule is Cn1cc(CC2CCCCC2)c2ccccc21. The van der Waals surface area contributed by atoms with E-state index in [-0.39, 0.29) is 0 Å². The van der Waals surface area contributed by atoms with Crippen molar-refractivity contribution in [3.05, 3.63) is 36.0 Å².